The predicted molar refractivity (Wildman–Crippen MR) is 98.0 cm³/mol. The third kappa shape index (κ3) is 9.24. The Morgan fingerprint density at radius 1 is 1.00 bits per heavy atom. The van der Waals surface area contributed by atoms with Gasteiger partial charge in [0, 0.05) is 5.75 Å². The van der Waals surface area contributed by atoms with E-state index in [1.807, 2.05) is 0 Å². The molecule has 0 aromatic rings. The molecule has 0 aliphatic carbocycles. The first-order valence-electron chi connectivity index (χ1n) is 8.21. The number of thiol groups is 1. The standard InChI is InChI=1S/C15H26N4O7S/c1-3-7(2)12(15(26)17-5-11(22)23)19-14(25)9(4-10(20)21)18-13(24)8(16)6-27/h7-9,12,27H,3-6,16H2,1-2H3,(H,17,26)(H,18,24)(H,19,25)(H,20,21)(H,22,23). The summed E-state index contributed by atoms with van der Waals surface area (Å²) < 4.78 is 0. The quantitative estimate of drug-likeness (QED) is 0.180. The van der Waals surface area contributed by atoms with Crippen LogP contribution in [0.3, 0.4) is 0 Å². The summed E-state index contributed by atoms with van der Waals surface area (Å²) in [6.45, 7) is 2.79. The molecule has 11 nitrogen and oxygen atoms in total. The van der Waals surface area contributed by atoms with Crippen molar-refractivity contribution in [1.82, 2.24) is 16.0 Å². The van der Waals surface area contributed by atoms with Crippen LogP contribution in [0.4, 0.5) is 0 Å². The molecule has 0 radical (unpaired) electrons. The lowest BCUT2D eigenvalue weighted by atomic mass is 9.97. The second-order valence-electron chi connectivity index (χ2n) is 5.93. The van der Waals surface area contributed by atoms with E-state index in [0.717, 1.165) is 0 Å². The number of carboxylic acids is 2. The number of hydrogen-bond acceptors (Lipinski definition) is 7. The lowest BCUT2D eigenvalue weighted by molar-refractivity contribution is -0.142. The van der Waals surface area contributed by atoms with E-state index in [1.165, 1.54) is 0 Å². The molecule has 7 N–H and O–H groups in total. The topological polar surface area (TPSA) is 188 Å². The summed E-state index contributed by atoms with van der Waals surface area (Å²) in [7, 11) is 0. The SMILES string of the molecule is CCC(C)C(NC(=O)C(CC(=O)O)NC(=O)C(N)CS)C(=O)NCC(=O)O. The smallest absolute Gasteiger partial charge is 0.322 e. The molecule has 154 valence electrons. The van der Waals surface area contributed by atoms with E-state index in [9.17, 15) is 24.0 Å². The summed E-state index contributed by atoms with van der Waals surface area (Å²) in [5.74, 6) is -5.37. The first-order chi connectivity index (χ1) is 12.5. The Morgan fingerprint density at radius 3 is 2.04 bits per heavy atom. The molecule has 0 heterocycles. The van der Waals surface area contributed by atoms with Crippen molar-refractivity contribution in [1.29, 1.82) is 0 Å². The molecular formula is C15H26N4O7S. The highest BCUT2D eigenvalue weighted by Gasteiger charge is 2.31. The van der Waals surface area contributed by atoms with Crippen molar-refractivity contribution < 1.29 is 34.2 Å². The lowest BCUT2D eigenvalue weighted by Gasteiger charge is -2.26. The second kappa shape index (κ2) is 12.1. The van der Waals surface area contributed by atoms with Gasteiger partial charge in [0.05, 0.1) is 12.5 Å². The second-order valence-corrected chi connectivity index (χ2v) is 6.30. The fourth-order valence-electron chi connectivity index (χ4n) is 1.97. The zero-order valence-corrected chi connectivity index (χ0v) is 16.0. The first-order valence-corrected chi connectivity index (χ1v) is 8.85. The van der Waals surface area contributed by atoms with Crippen molar-refractivity contribution in [2.45, 2.75) is 44.8 Å². The number of nitrogens with one attached hydrogen (secondary N) is 3. The van der Waals surface area contributed by atoms with Crippen molar-refractivity contribution in [2.24, 2.45) is 11.7 Å². The molecule has 0 aliphatic heterocycles. The van der Waals surface area contributed by atoms with E-state index < -0.39 is 60.8 Å². The number of aliphatic carboxylic acids is 2. The highest BCUT2D eigenvalue weighted by atomic mass is 32.1. The van der Waals surface area contributed by atoms with Crippen LogP contribution >= 0.6 is 12.6 Å². The maximum absolute atomic E-state index is 12.5. The van der Waals surface area contributed by atoms with Gasteiger partial charge >= 0.3 is 11.9 Å². The Hall–Kier alpha value is -2.34. The van der Waals surface area contributed by atoms with Gasteiger partial charge in [-0.1, -0.05) is 20.3 Å². The number of rotatable bonds is 12. The van der Waals surface area contributed by atoms with E-state index >= 15 is 0 Å². The van der Waals surface area contributed by atoms with Crippen molar-refractivity contribution in [3.8, 4) is 0 Å². The summed E-state index contributed by atoms with van der Waals surface area (Å²) >= 11 is 3.86. The molecule has 0 rings (SSSR count). The summed E-state index contributed by atoms with van der Waals surface area (Å²) in [5.41, 5.74) is 5.50. The summed E-state index contributed by atoms with van der Waals surface area (Å²) in [6.07, 6.45) is -0.243. The molecule has 3 amide bonds. The normalized spacial score (nSPS) is 15.0. The van der Waals surface area contributed by atoms with Crippen LogP contribution in [-0.2, 0) is 24.0 Å². The average Bonchev–Trinajstić information content (AvgIpc) is 2.61. The fraction of sp³-hybridized carbons (Fsp3) is 0.667. The minimum Gasteiger partial charge on any atom is -0.481 e. The molecule has 0 saturated carbocycles. The molecule has 4 unspecified atom stereocenters. The maximum atomic E-state index is 12.5. The third-order valence-electron chi connectivity index (χ3n) is 3.75. The van der Waals surface area contributed by atoms with Gasteiger partial charge in [0.2, 0.25) is 17.7 Å². The van der Waals surface area contributed by atoms with Crippen molar-refractivity contribution in [2.75, 3.05) is 12.3 Å². The minimum absolute atomic E-state index is 0.0136. The molecule has 0 saturated heterocycles. The zero-order valence-electron chi connectivity index (χ0n) is 15.1. The van der Waals surface area contributed by atoms with Crippen LogP contribution in [0.15, 0.2) is 0 Å². The zero-order chi connectivity index (χ0) is 21.1. The molecule has 0 aliphatic rings. The van der Waals surface area contributed by atoms with Crippen LogP contribution in [-0.4, -0.2) is 70.3 Å². The average molecular weight is 406 g/mol. The fourth-order valence-corrected chi connectivity index (χ4v) is 2.14. The Kier molecular flexibility index (Phi) is 11.1. The van der Waals surface area contributed by atoms with Gasteiger partial charge in [-0.15, -0.1) is 0 Å². The van der Waals surface area contributed by atoms with Gasteiger partial charge in [0.1, 0.15) is 18.6 Å². The van der Waals surface area contributed by atoms with Gasteiger partial charge < -0.3 is 31.9 Å². The Morgan fingerprint density at radius 2 is 1.59 bits per heavy atom. The molecule has 12 heteroatoms. The number of carbonyl (C=O) groups is 5. The molecule has 27 heavy (non-hydrogen) atoms. The van der Waals surface area contributed by atoms with Crippen molar-refractivity contribution in [3.05, 3.63) is 0 Å². The van der Waals surface area contributed by atoms with Gasteiger partial charge in [-0.2, -0.15) is 12.6 Å². The first kappa shape index (κ1) is 24.7. The monoisotopic (exact) mass is 406 g/mol. The maximum Gasteiger partial charge on any atom is 0.322 e. The highest BCUT2D eigenvalue weighted by Crippen LogP contribution is 2.09. The van der Waals surface area contributed by atoms with Crippen LogP contribution < -0.4 is 21.7 Å². The van der Waals surface area contributed by atoms with Gasteiger partial charge in [-0.05, 0) is 5.92 Å². The number of amides is 3. The van der Waals surface area contributed by atoms with Crippen molar-refractivity contribution >= 4 is 42.3 Å². The summed E-state index contributed by atoms with van der Waals surface area (Å²) in [4.78, 5) is 58.1. The van der Waals surface area contributed by atoms with Gasteiger partial charge in [0.25, 0.3) is 0 Å². The number of hydrogen-bond donors (Lipinski definition) is 7. The molecule has 4 atom stereocenters. The van der Waals surface area contributed by atoms with Gasteiger partial charge in [-0.3, -0.25) is 24.0 Å². The van der Waals surface area contributed by atoms with Crippen LogP contribution in [0.1, 0.15) is 26.7 Å². The van der Waals surface area contributed by atoms with E-state index in [2.05, 4.69) is 28.6 Å². The van der Waals surface area contributed by atoms with Crippen LogP contribution in [0.25, 0.3) is 0 Å². The van der Waals surface area contributed by atoms with Gasteiger partial charge in [0.15, 0.2) is 0 Å². The van der Waals surface area contributed by atoms with Crippen LogP contribution in [0.5, 0.6) is 0 Å². The van der Waals surface area contributed by atoms with Gasteiger partial charge in [-0.25, -0.2) is 0 Å². The predicted octanol–water partition coefficient (Wildman–Crippen LogP) is -2.07. The molecule has 0 bridgehead atoms. The third-order valence-corrected chi connectivity index (χ3v) is 4.15. The lowest BCUT2D eigenvalue weighted by Crippen LogP contribution is -2.58. The molecule has 0 fully saturated rings. The molecular weight excluding hydrogens is 380 g/mol. The van der Waals surface area contributed by atoms with E-state index in [-0.39, 0.29) is 11.7 Å². The Balaban J connectivity index is 5.28. The van der Waals surface area contributed by atoms with Crippen LogP contribution in [0, 0.1) is 5.92 Å². The summed E-state index contributed by atoms with van der Waals surface area (Å²) in [5, 5.41) is 24.4. The molecule has 0 aromatic heterocycles. The summed E-state index contributed by atoms with van der Waals surface area (Å²) in [6, 6.07) is -3.60. The highest BCUT2D eigenvalue weighted by molar-refractivity contribution is 7.80. The molecule has 0 aromatic carbocycles. The number of nitrogens with two attached hydrogens (primary N) is 1. The van der Waals surface area contributed by atoms with Crippen LogP contribution in [0.2, 0.25) is 0 Å². The van der Waals surface area contributed by atoms with E-state index in [0.29, 0.717) is 6.42 Å². The number of carbonyl (C=O) groups excluding carboxylic acids is 3. The largest absolute Gasteiger partial charge is 0.481 e. The Bertz CT molecular complexity index is 572. The Labute approximate surface area is 161 Å². The minimum atomic E-state index is -1.46. The van der Waals surface area contributed by atoms with E-state index in [4.69, 9.17) is 15.9 Å². The van der Waals surface area contributed by atoms with Crippen molar-refractivity contribution in [3.63, 3.8) is 0 Å². The molecule has 0 spiro atoms. The van der Waals surface area contributed by atoms with E-state index in [1.54, 1.807) is 13.8 Å². The number of carboxylic acid groups (broad SMARTS) is 2.